The molecular weight excluding hydrogens is 234 g/mol. The molecule has 3 atom stereocenters. The van der Waals surface area contributed by atoms with Crippen molar-refractivity contribution in [3.8, 4) is 0 Å². The Labute approximate surface area is 105 Å². The van der Waals surface area contributed by atoms with Crippen LogP contribution in [0.1, 0.15) is 20.3 Å². The summed E-state index contributed by atoms with van der Waals surface area (Å²) in [4.78, 5) is 23.3. The molecule has 6 heteroatoms. The van der Waals surface area contributed by atoms with E-state index >= 15 is 0 Å². The molecule has 1 aliphatic heterocycles. The van der Waals surface area contributed by atoms with E-state index in [4.69, 9.17) is 10.5 Å². The van der Waals surface area contributed by atoms with E-state index in [1.807, 2.05) is 12.2 Å². The van der Waals surface area contributed by atoms with Gasteiger partial charge in [0.1, 0.15) is 5.92 Å². The number of carbonyl (C=O) groups is 2. The van der Waals surface area contributed by atoms with Crippen LogP contribution in [0.2, 0.25) is 0 Å². The predicted molar refractivity (Wildman–Crippen MR) is 65.7 cm³/mol. The van der Waals surface area contributed by atoms with Crippen LogP contribution in [0.5, 0.6) is 0 Å². The first-order valence-electron chi connectivity index (χ1n) is 6.03. The molecule has 0 aromatic heterocycles. The number of esters is 1. The number of allylic oxidation sites excluding steroid dienone is 1. The van der Waals surface area contributed by atoms with Gasteiger partial charge < -0.3 is 10.5 Å². The average molecular weight is 251 g/mol. The molecule has 0 saturated carbocycles. The SMILES string of the molecule is CCOC(=O)[C@@H]1C(C)=NN(C(N)=O)[C@@H]2C=CC[C@H]12. The lowest BCUT2D eigenvalue weighted by Gasteiger charge is -2.36. The highest BCUT2D eigenvalue weighted by Gasteiger charge is 2.45. The van der Waals surface area contributed by atoms with Crippen LogP contribution in [-0.2, 0) is 9.53 Å². The van der Waals surface area contributed by atoms with Crippen molar-refractivity contribution in [3.63, 3.8) is 0 Å². The molecule has 0 fully saturated rings. The van der Waals surface area contributed by atoms with Crippen LogP contribution in [0, 0.1) is 11.8 Å². The van der Waals surface area contributed by atoms with E-state index in [2.05, 4.69) is 5.10 Å². The van der Waals surface area contributed by atoms with Gasteiger partial charge in [-0.15, -0.1) is 0 Å². The van der Waals surface area contributed by atoms with E-state index < -0.39 is 6.03 Å². The summed E-state index contributed by atoms with van der Waals surface area (Å²) < 4.78 is 5.07. The highest BCUT2D eigenvalue weighted by atomic mass is 16.5. The molecule has 0 unspecified atom stereocenters. The molecule has 0 aromatic rings. The zero-order chi connectivity index (χ0) is 13.3. The molecule has 18 heavy (non-hydrogen) atoms. The Hall–Kier alpha value is -1.85. The summed E-state index contributed by atoms with van der Waals surface area (Å²) in [5.74, 6) is -0.684. The van der Waals surface area contributed by atoms with Crippen LogP contribution in [0.25, 0.3) is 0 Å². The molecule has 1 heterocycles. The molecular formula is C12H17N3O3. The first-order valence-corrected chi connectivity index (χ1v) is 6.03. The second-order valence-electron chi connectivity index (χ2n) is 4.47. The number of hydrogen-bond donors (Lipinski definition) is 1. The van der Waals surface area contributed by atoms with Crippen LogP contribution in [-0.4, -0.2) is 35.4 Å². The fourth-order valence-corrected chi connectivity index (χ4v) is 2.64. The summed E-state index contributed by atoms with van der Waals surface area (Å²) in [6, 6.07) is -0.834. The third-order valence-electron chi connectivity index (χ3n) is 3.37. The number of primary amides is 1. The number of rotatable bonds is 2. The molecule has 1 aliphatic carbocycles. The van der Waals surface area contributed by atoms with Crippen LogP contribution < -0.4 is 5.73 Å². The number of amides is 2. The van der Waals surface area contributed by atoms with Gasteiger partial charge in [-0.05, 0) is 20.3 Å². The number of ether oxygens (including phenoxy) is 1. The minimum absolute atomic E-state index is 0.0194. The minimum atomic E-state index is -0.599. The van der Waals surface area contributed by atoms with E-state index in [0.29, 0.717) is 12.3 Å². The Kier molecular flexibility index (Phi) is 3.36. The number of urea groups is 1. The standard InChI is InChI=1S/C12H17N3O3/c1-3-18-11(16)10-7(2)14-15(12(13)17)9-6-4-5-8(9)10/h4,6,8-10H,3,5H2,1-2H3,(H2,13,17)/t8-,9+,10+/m0/s1. The van der Waals surface area contributed by atoms with Crippen LogP contribution in [0.3, 0.4) is 0 Å². The van der Waals surface area contributed by atoms with Crippen LogP contribution in [0.15, 0.2) is 17.3 Å². The van der Waals surface area contributed by atoms with E-state index in [0.717, 1.165) is 6.42 Å². The van der Waals surface area contributed by atoms with Gasteiger partial charge in [0.05, 0.1) is 18.4 Å². The molecule has 2 rings (SSSR count). The van der Waals surface area contributed by atoms with Gasteiger partial charge in [0, 0.05) is 5.92 Å². The molecule has 0 spiro atoms. The lowest BCUT2D eigenvalue weighted by Crippen LogP contribution is -2.51. The van der Waals surface area contributed by atoms with E-state index in [1.54, 1.807) is 13.8 Å². The molecule has 0 radical (unpaired) electrons. The molecule has 2 N–H and O–H groups in total. The summed E-state index contributed by atoms with van der Waals surface area (Å²) in [6.07, 6.45) is 4.55. The fourth-order valence-electron chi connectivity index (χ4n) is 2.64. The highest BCUT2D eigenvalue weighted by molar-refractivity contribution is 6.02. The van der Waals surface area contributed by atoms with E-state index in [9.17, 15) is 9.59 Å². The van der Waals surface area contributed by atoms with E-state index in [1.165, 1.54) is 5.01 Å². The molecule has 0 saturated heterocycles. The van der Waals surface area contributed by atoms with Crippen LogP contribution in [0.4, 0.5) is 4.79 Å². The van der Waals surface area contributed by atoms with Crippen molar-refractivity contribution in [1.29, 1.82) is 0 Å². The summed E-state index contributed by atoms with van der Waals surface area (Å²) in [5, 5.41) is 5.38. The largest absolute Gasteiger partial charge is 0.465 e. The van der Waals surface area contributed by atoms with E-state index in [-0.39, 0.29) is 23.8 Å². The number of nitrogens with two attached hydrogens (primary N) is 1. The van der Waals surface area contributed by atoms with Gasteiger partial charge in [-0.25, -0.2) is 9.80 Å². The second-order valence-corrected chi connectivity index (χ2v) is 4.47. The Morgan fingerprint density at radius 3 is 2.94 bits per heavy atom. The van der Waals surface area contributed by atoms with Gasteiger partial charge in [0.25, 0.3) is 0 Å². The number of hydrogen-bond acceptors (Lipinski definition) is 4. The van der Waals surface area contributed by atoms with Crippen molar-refractivity contribution in [2.75, 3.05) is 6.61 Å². The summed E-state index contributed by atoms with van der Waals surface area (Å²) in [5.41, 5.74) is 5.88. The molecule has 6 nitrogen and oxygen atoms in total. The third kappa shape index (κ3) is 1.98. The predicted octanol–water partition coefficient (Wildman–Crippen LogP) is 0.881. The molecule has 98 valence electrons. The topological polar surface area (TPSA) is 85.0 Å². The maximum Gasteiger partial charge on any atom is 0.335 e. The quantitative estimate of drug-likeness (QED) is 0.584. The summed E-state index contributed by atoms with van der Waals surface area (Å²) in [7, 11) is 0. The third-order valence-corrected chi connectivity index (χ3v) is 3.37. The second kappa shape index (κ2) is 4.80. The average Bonchev–Trinajstić information content (AvgIpc) is 2.76. The zero-order valence-corrected chi connectivity index (χ0v) is 10.5. The van der Waals surface area contributed by atoms with Crippen molar-refractivity contribution < 1.29 is 14.3 Å². The van der Waals surface area contributed by atoms with Gasteiger partial charge in [-0.1, -0.05) is 12.2 Å². The first-order chi connectivity index (χ1) is 8.56. The fraction of sp³-hybridized carbons (Fsp3) is 0.583. The normalized spacial score (nSPS) is 29.8. The Balaban J connectivity index is 2.30. The molecule has 2 amide bonds. The van der Waals surface area contributed by atoms with Gasteiger partial charge in [0.2, 0.25) is 0 Å². The maximum atomic E-state index is 12.0. The number of hydrazone groups is 1. The maximum absolute atomic E-state index is 12.0. The van der Waals surface area contributed by atoms with Crippen molar-refractivity contribution >= 4 is 17.7 Å². The lowest BCUT2D eigenvalue weighted by atomic mass is 9.82. The van der Waals surface area contributed by atoms with Crippen molar-refractivity contribution in [2.45, 2.75) is 26.3 Å². The Morgan fingerprint density at radius 2 is 2.33 bits per heavy atom. The number of carbonyl (C=O) groups excluding carboxylic acids is 2. The van der Waals surface area contributed by atoms with Crippen molar-refractivity contribution in [3.05, 3.63) is 12.2 Å². The van der Waals surface area contributed by atoms with Crippen molar-refractivity contribution in [2.24, 2.45) is 22.7 Å². The monoisotopic (exact) mass is 251 g/mol. The Morgan fingerprint density at radius 1 is 1.61 bits per heavy atom. The van der Waals surface area contributed by atoms with Gasteiger partial charge in [-0.3, -0.25) is 4.79 Å². The van der Waals surface area contributed by atoms with Crippen molar-refractivity contribution in [1.82, 2.24) is 5.01 Å². The Bertz CT molecular complexity index is 430. The molecule has 0 bridgehead atoms. The lowest BCUT2D eigenvalue weighted by molar-refractivity contribution is -0.147. The highest BCUT2D eigenvalue weighted by Crippen LogP contribution is 2.35. The van der Waals surface area contributed by atoms with Gasteiger partial charge in [0.15, 0.2) is 0 Å². The smallest absolute Gasteiger partial charge is 0.335 e. The number of nitrogens with zero attached hydrogens (tertiary/aromatic N) is 2. The molecule has 2 aliphatic rings. The zero-order valence-electron chi connectivity index (χ0n) is 10.5. The number of fused-ring (bicyclic) bond motifs is 1. The summed E-state index contributed by atoms with van der Waals surface area (Å²) >= 11 is 0. The van der Waals surface area contributed by atoms with Crippen LogP contribution >= 0.6 is 0 Å². The van der Waals surface area contributed by atoms with Gasteiger partial charge in [-0.2, -0.15) is 5.10 Å². The van der Waals surface area contributed by atoms with Gasteiger partial charge >= 0.3 is 12.0 Å². The molecule has 0 aromatic carbocycles. The first kappa shape index (κ1) is 12.6. The minimum Gasteiger partial charge on any atom is -0.465 e. The summed E-state index contributed by atoms with van der Waals surface area (Å²) in [6.45, 7) is 3.84.